The predicted octanol–water partition coefficient (Wildman–Crippen LogP) is -11.2. The molecule has 0 radical (unpaired) electrons. The Balaban J connectivity index is 1.71. The van der Waals surface area contributed by atoms with E-state index < -0.39 is 247 Å². The fraction of sp³-hybridized carbons (Fsp3) is 0.608. The summed E-state index contributed by atoms with van der Waals surface area (Å²) >= 11 is 0. The van der Waals surface area contributed by atoms with Gasteiger partial charge in [0.25, 0.3) is 0 Å². The Bertz CT molecular complexity index is 4470. The average molecular weight is 1870 g/mol. The number of nitrogens with zero attached hydrogens (tertiary/aromatic N) is 2. The molecule has 16 amide bonds. The van der Waals surface area contributed by atoms with Crippen LogP contribution in [-0.2, 0) is 83.1 Å². The summed E-state index contributed by atoms with van der Waals surface area (Å²) in [5.41, 5.74) is 51.5. The number of rotatable bonds is 36. The topological polar surface area (TPSA) is 925 Å². The van der Waals surface area contributed by atoms with Crippen LogP contribution in [0, 0.1) is 43.8 Å². The number of hydrogen-bond acceptors (Lipinski definition) is 23. The number of nitrogens with one attached hydrogen (secondary N) is 27. The van der Waals surface area contributed by atoms with E-state index in [-0.39, 0.29) is 181 Å². The highest BCUT2D eigenvalue weighted by atomic mass is 16.2. The first-order chi connectivity index (χ1) is 63.0. The number of guanidine groups is 7. The van der Waals surface area contributed by atoms with E-state index in [1.54, 1.807) is 30.5 Å². The molecular formula is C79H134N38O16. The van der Waals surface area contributed by atoms with Crippen molar-refractivity contribution in [1.29, 1.82) is 37.9 Å². The minimum Gasteiger partial charge on any atom is -0.370 e. The van der Waals surface area contributed by atoms with Crippen molar-refractivity contribution >= 4 is 147 Å². The van der Waals surface area contributed by atoms with Crippen LogP contribution in [0.15, 0.2) is 30.5 Å². The van der Waals surface area contributed by atoms with Crippen LogP contribution in [0.3, 0.4) is 0 Å². The second-order valence-corrected chi connectivity index (χ2v) is 32.6. The van der Waals surface area contributed by atoms with E-state index in [1.165, 1.54) is 23.6 Å². The van der Waals surface area contributed by atoms with Gasteiger partial charge in [-0.3, -0.25) is 115 Å². The molecule has 0 aliphatic carbocycles. The molecule has 0 spiro atoms. The lowest BCUT2D eigenvalue weighted by Crippen LogP contribution is -2.61. The Hall–Kier alpha value is -14.8. The molecule has 3 saturated heterocycles. The highest BCUT2D eigenvalue weighted by molar-refractivity contribution is 6.02. The van der Waals surface area contributed by atoms with Gasteiger partial charge in [-0.05, 0) is 140 Å². The Morgan fingerprint density at radius 2 is 0.684 bits per heavy atom. The van der Waals surface area contributed by atoms with Gasteiger partial charge in [0.15, 0.2) is 41.7 Å². The number of nitrogens with two attached hydrogens (primary N) is 9. The zero-order chi connectivity index (χ0) is 98.6. The molecule has 54 nitrogen and oxygen atoms in total. The van der Waals surface area contributed by atoms with Crippen LogP contribution in [0.25, 0.3) is 10.9 Å². The van der Waals surface area contributed by atoms with Crippen LogP contribution in [-0.4, -0.2) is 295 Å². The molecular weight excluding hydrogens is 1740 g/mol. The second-order valence-electron chi connectivity index (χ2n) is 32.6. The van der Waals surface area contributed by atoms with Gasteiger partial charge in [0, 0.05) is 88.8 Å². The first-order valence-corrected chi connectivity index (χ1v) is 43.9. The number of aromatic amines is 1. The Morgan fingerprint density at radius 3 is 1.06 bits per heavy atom. The quantitative estimate of drug-likeness (QED) is 0.0171. The highest BCUT2D eigenvalue weighted by Crippen LogP contribution is 2.28. The molecule has 3 aliphatic heterocycles. The molecule has 0 saturated carbocycles. The van der Waals surface area contributed by atoms with Crippen molar-refractivity contribution in [3.8, 4) is 0 Å². The van der Waals surface area contributed by atoms with Crippen LogP contribution >= 0.6 is 0 Å². The molecule has 2 aromatic rings. The second kappa shape index (κ2) is 55.9. The maximum Gasteiger partial charge on any atom is 0.246 e. The van der Waals surface area contributed by atoms with E-state index in [1.807, 2.05) is 0 Å². The van der Waals surface area contributed by atoms with Gasteiger partial charge < -0.3 is 167 Å². The third-order valence-corrected chi connectivity index (χ3v) is 21.7. The molecule has 45 N–H and O–H groups in total. The third-order valence-electron chi connectivity index (χ3n) is 21.7. The van der Waals surface area contributed by atoms with Crippen LogP contribution < -0.4 is 153 Å². The number of carbonyl (C=O) groups is 16. The number of para-hydroxylation sites is 1. The van der Waals surface area contributed by atoms with Crippen LogP contribution in [0.4, 0.5) is 0 Å². The first-order valence-electron chi connectivity index (χ1n) is 43.9. The fourth-order valence-electron chi connectivity index (χ4n) is 15.0. The maximum absolute atomic E-state index is 15.4. The summed E-state index contributed by atoms with van der Waals surface area (Å²) in [7, 11) is 0. The van der Waals surface area contributed by atoms with E-state index in [4.69, 9.17) is 89.5 Å². The van der Waals surface area contributed by atoms with Crippen LogP contribution in [0.5, 0.6) is 0 Å². The van der Waals surface area contributed by atoms with Crippen molar-refractivity contribution in [1.82, 2.24) is 116 Å². The maximum atomic E-state index is 15.4. The van der Waals surface area contributed by atoms with Crippen LogP contribution in [0.2, 0.25) is 0 Å². The van der Waals surface area contributed by atoms with E-state index in [0.29, 0.717) is 16.5 Å². The van der Waals surface area contributed by atoms with Gasteiger partial charge in [0.2, 0.25) is 94.5 Å². The number of aromatic nitrogens is 1. The number of H-pyrrole nitrogens is 1. The first kappa shape index (κ1) is 109. The number of fused-ring (bicyclic) bond motifs is 3. The van der Waals surface area contributed by atoms with E-state index in [9.17, 15) is 43.2 Å². The van der Waals surface area contributed by atoms with E-state index in [0.717, 1.165) is 0 Å². The van der Waals surface area contributed by atoms with E-state index >= 15 is 33.6 Å². The molecule has 1 aromatic carbocycles. The molecule has 5 rings (SSSR count). The normalized spacial score (nSPS) is 23.0. The molecule has 3 fully saturated rings. The number of amides is 16. The fourth-order valence-corrected chi connectivity index (χ4v) is 15.0. The summed E-state index contributed by atoms with van der Waals surface area (Å²) in [5.74, 6) is -20.3. The Morgan fingerprint density at radius 1 is 0.368 bits per heavy atom. The van der Waals surface area contributed by atoms with Gasteiger partial charge in [-0.15, -0.1) is 0 Å². The zero-order valence-electron chi connectivity index (χ0n) is 74.7. The highest BCUT2D eigenvalue weighted by Gasteiger charge is 2.46. The molecule has 0 unspecified atom stereocenters. The van der Waals surface area contributed by atoms with Gasteiger partial charge >= 0.3 is 0 Å². The summed E-state index contributed by atoms with van der Waals surface area (Å²) in [5, 5.41) is 104. The van der Waals surface area contributed by atoms with Crippen molar-refractivity contribution in [2.24, 2.45) is 57.5 Å². The number of primary amides is 2. The molecule has 0 bridgehead atoms. The Kier molecular flexibility index (Phi) is 45.7. The monoisotopic (exact) mass is 1870 g/mol. The van der Waals surface area contributed by atoms with Crippen LogP contribution in [0.1, 0.15) is 154 Å². The number of hydrogen-bond donors (Lipinski definition) is 36. The predicted molar refractivity (Wildman–Crippen MR) is 487 cm³/mol. The Labute approximate surface area is 767 Å². The molecule has 1 aromatic heterocycles. The summed E-state index contributed by atoms with van der Waals surface area (Å²) in [6.45, 7) is 1.63. The van der Waals surface area contributed by atoms with Crippen molar-refractivity contribution in [3.05, 3.63) is 36.0 Å². The summed E-state index contributed by atoms with van der Waals surface area (Å²) < 4.78 is 0. The lowest BCUT2D eigenvalue weighted by atomic mass is 10.0. The van der Waals surface area contributed by atoms with Crippen molar-refractivity contribution in [3.63, 3.8) is 0 Å². The molecule has 3 aliphatic rings. The zero-order valence-corrected chi connectivity index (χ0v) is 74.7. The minimum absolute atomic E-state index is 0.00615. The smallest absolute Gasteiger partial charge is 0.246 e. The van der Waals surface area contributed by atoms with Crippen molar-refractivity contribution < 1.29 is 76.7 Å². The van der Waals surface area contributed by atoms with Gasteiger partial charge in [0.1, 0.15) is 78.5 Å². The third kappa shape index (κ3) is 38.8. The van der Waals surface area contributed by atoms with Gasteiger partial charge in [-0.2, -0.15) is 0 Å². The standard InChI is InChI=1S/C79H134N38O16/c1-40(2)59-70(131)104-39-58(120)105-44(16-5-27-96-73(82)83)60(121)111-50(25-26-56(80)118)65(126)107-48(20-9-31-100-77(90)91)64(125)113-53(37-57(81)119)68(129)110-47(19-8-30-99-76(88)89)63(124)112-51(22-11-33-102-79(94)95)71(132)117-35-13-24-55(117)72(133)116-34-12-23-54(116)69(130)114-52(36-41-38-103-43-15-4-3-14-42(41)43)67(128)109-46(18-7-29-98-75(86)87)62(123)106-45(17-6-28-97-74(84)85)61(122)108-49(66(127)115-59)21-10-32-101-78(92)93/h3-4,14-15,38,40,44-55,59,103H,5-13,16-37,39H2,1-2H3,(H2,80,118)(H2,81,119)(H,104,131)(H,105,120)(H,106,123)(H,107,126)(H,108,122)(H,109,128)(H,110,129)(H,111,121)(H,112,124)(H,113,125)(H,114,130)(H,115,127)(H4,82,83,96)(H4,84,85,97)(H4,86,87,98)(H4,88,89,99)(H4,90,91,100)(H4,92,93,101)(H4,94,95,102)/t44-,45+,46+,47+,48+,49+,50+,51+,52+,53+,54-,55+,59+/m1/s1. The molecule has 13 atom stereocenters. The largest absolute Gasteiger partial charge is 0.370 e. The summed E-state index contributed by atoms with van der Waals surface area (Å²) in [6, 6.07) is -13.9. The molecule has 736 valence electrons. The summed E-state index contributed by atoms with van der Waals surface area (Å²) in [4.78, 5) is 240. The average Bonchev–Trinajstić information content (AvgIpc) is 1.65. The molecule has 4 heterocycles. The number of benzene rings is 1. The van der Waals surface area contributed by atoms with Gasteiger partial charge in [0.05, 0.1) is 13.0 Å². The minimum atomic E-state index is -1.99. The SMILES string of the molecule is CC(C)[C@@H]1NC(=O)[C@H](CCCNC(=N)N)NC(=O)[C@H](CCCNC(=N)N)NC(=O)[C@H](CCCNC(=N)N)NC(=O)[C@H](Cc2c[nH]c3ccccc23)NC(=O)[C@H]2CCCN2C(=O)[C@@H]2CCCN2C(=O)[C@H](CCCNC(=N)N)NC(=O)[C@H](CCCNC(=N)N)NC(=O)[C@H](CC(N)=O)NC(=O)[C@H](CCCNC(=N)N)NC(=O)[C@H](CCC(N)=O)NC(=O)[C@@H](CCCNC(=N)N)NC(=O)CNC1=O. The lowest BCUT2D eigenvalue weighted by Gasteiger charge is -2.34. The number of carbonyl (C=O) groups excluding carboxylic acids is 16. The van der Waals surface area contributed by atoms with Gasteiger partial charge in [-0.25, -0.2) is 0 Å². The van der Waals surface area contributed by atoms with E-state index in [2.05, 4.69) is 106 Å². The van der Waals surface area contributed by atoms with Crippen molar-refractivity contribution in [2.75, 3.05) is 65.4 Å². The summed E-state index contributed by atoms with van der Waals surface area (Å²) in [6.07, 6.45) is -2.33. The molecule has 133 heavy (non-hydrogen) atoms. The van der Waals surface area contributed by atoms with Crippen molar-refractivity contribution in [2.45, 2.75) is 234 Å². The molecule has 54 heteroatoms. The van der Waals surface area contributed by atoms with Gasteiger partial charge in [-0.1, -0.05) is 32.0 Å². The lowest BCUT2D eigenvalue weighted by molar-refractivity contribution is -0.148.